The van der Waals surface area contributed by atoms with Gasteiger partial charge in [-0.05, 0) is 23.2 Å². The van der Waals surface area contributed by atoms with Gasteiger partial charge in [0, 0.05) is 12.5 Å². The maximum Gasteiger partial charge on any atom is 0.176 e. The van der Waals surface area contributed by atoms with Crippen molar-refractivity contribution in [3.63, 3.8) is 0 Å². The lowest BCUT2D eigenvalue weighted by Crippen LogP contribution is -2.36. The van der Waals surface area contributed by atoms with E-state index in [4.69, 9.17) is 0 Å². The highest BCUT2D eigenvalue weighted by molar-refractivity contribution is 5.21. The van der Waals surface area contributed by atoms with Gasteiger partial charge in [-0.2, -0.15) is 4.80 Å². The normalized spacial score (nSPS) is 14.3. The molecule has 1 aromatic heterocycles. The van der Waals surface area contributed by atoms with Crippen LogP contribution in [0.25, 0.3) is 0 Å². The minimum absolute atomic E-state index is 0.316. The molecule has 102 valence electrons. The zero-order valence-electron chi connectivity index (χ0n) is 11.7. The van der Waals surface area contributed by atoms with Crippen LogP contribution in [0.3, 0.4) is 0 Å². The van der Waals surface area contributed by atoms with E-state index >= 15 is 0 Å². The van der Waals surface area contributed by atoms with Crippen LogP contribution in [0.5, 0.6) is 0 Å². The molecule has 0 saturated heterocycles. The molecule has 1 N–H and O–H groups in total. The van der Waals surface area contributed by atoms with Crippen LogP contribution in [0.15, 0.2) is 30.3 Å². The molecule has 1 aromatic carbocycles. The number of hydrogen-bond donors (Lipinski definition) is 1. The van der Waals surface area contributed by atoms with E-state index in [0.29, 0.717) is 12.0 Å². The fourth-order valence-electron chi connectivity index (χ4n) is 2.28. The van der Waals surface area contributed by atoms with E-state index in [1.165, 1.54) is 10.4 Å². The molecule has 19 heavy (non-hydrogen) atoms. The maximum absolute atomic E-state index is 4.26. The monoisotopic (exact) mass is 259 g/mol. The summed E-state index contributed by atoms with van der Waals surface area (Å²) < 4.78 is 0. The molecule has 2 rings (SSSR count). The van der Waals surface area contributed by atoms with Gasteiger partial charge in [0.05, 0.1) is 7.05 Å². The Morgan fingerprint density at radius 3 is 2.58 bits per heavy atom. The highest BCUT2D eigenvalue weighted by Crippen LogP contribution is 2.20. The molecule has 0 aliphatic rings. The van der Waals surface area contributed by atoms with Crippen molar-refractivity contribution in [3.05, 3.63) is 41.7 Å². The highest BCUT2D eigenvalue weighted by Gasteiger charge is 2.20. The van der Waals surface area contributed by atoms with Gasteiger partial charge in [0.2, 0.25) is 0 Å². The van der Waals surface area contributed by atoms with Crippen LogP contribution < -0.4 is 5.32 Å². The van der Waals surface area contributed by atoms with Gasteiger partial charge < -0.3 is 5.32 Å². The lowest BCUT2D eigenvalue weighted by molar-refractivity contribution is 0.449. The number of rotatable bonds is 6. The standard InChI is InChI=1S/C14H21N5/c1-4-15-13(10-14-16-18-19(3)17-14)11(2)12-8-6-5-7-9-12/h5-9,11,13,15H,4,10H2,1-3H3. The first kappa shape index (κ1) is 13.7. The van der Waals surface area contributed by atoms with Crippen molar-refractivity contribution in [2.75, 3.05) is 6.54 Å². The Balaban J connectivity index is 2.11. The zero-order chi connectivity index (χ0) is 13.7. The predicted octanol–water partition coefficient (Wildman–Crippen LogP) is 1.53. The van der Waals surface area contributed by atoms with Crippen molar-refractivity contribution in [1.82, 2.24) is 25.5 Å². The van der Waals surface area contributed by atoms with Crippen LogP contribution in [0, 0.1) is 0 Å². The van der Waals surface area contributed by atoms with Crippen LogP contribution in [0.4, 0.5) is 0 Å². The average molecular weight is 259 g/mol. The van der Waals surface area contributed by atoms with Crippen molar-refractivity contribution in [2.24, 2.45) is 7.05 Å². The number of tetrazole rings is 1. The minimum atomic E-state index is 0.316. The Morgan fingerprint density at radius 1 is 1.26 bits per heavy atom. The lowest BCUT2D eigenvalue weighted by Gasteiger charge is -2.24. The average Bonchev–Trinajstić information content (AvgIpc) is 2.84. The molecule has 0 amide bonds. The van der Waals surface area contributed by atoms with E-state index in [9.17, 15) is 0 Å². The van der Waals surface area contributed by atoms with Gasteiger partial charge in [-0.1, -0.05) is 44.2 Å². The second kappa shape index (κ2) is 6.43. The predicted molar refractivity (Wildman–Crippen MR) is 74.8 cm³/mol. The molecule has 1 heterocycles. The lowest BCUT2D eigenvalue weighted by atomic mass is 9.91. The summed E-state index contributed by atoms with van der Waals surface area (Å²) in [4.78, 5) is 1.51. The quantitative estimate of drug-likeness (QED) is 0.855. The smallest absolute Gasteiger partial charge is 0.176 e. The molecule has 0 saturated carbocycles. The van der Waals surface area contributed by atoms with E-state index in [1.54, 1.807) is 7.05 Å². The third kappa shape index (κ3) is 3.61. The van der Waals surface area contributed by atoms with Gasteiger partial charge in [-0.3, -0.25) is 0 Å². The largest absolute Gasteiger partial charge is 0.313 e. The molecular weight excluding hydrogens is 238 g/mol. The Bertz CT molecular complexity index is 494. The number of benzene rings is 1. The molecular formula is C14H21N5. The first-order valence-electron chi connectivity index (χ1n) is 6.72. The van der Waals surface area contributed by atoms with Crippen molar-refractivity contribution < 1.29 is 0 Å². The number of aryl methyl sites for hydroxylation is 1. The van der Waals surface area contributed by atoms with E-state index in [2.05, 4.69) is 58.8 Å². The van der Waals surface area contributed by atoms with Crippen LogP contribution in [-0.4, -0.2) is 32.8 Å². The van der Waals surface area contributed by atoms with Crippen molar-refractivity contribution >= 4 is 0 Å². The highest BCUT2D eigenvalue weighted by atomic mass is 15.6. The number of aromatic nitrogens is 4. The minimum Gasteiger partial charge on any atom is -0.313 e. The summed E-state index contributed by atoms with van der Waals surface area (Å²) in [5.74, 6) is 1.20. The van der Waals surface area contributed by atoms with E-state index in [-0.39, 0.29) is 0 Å². The second-order valence-electron chi connectivity index (χ2n) is 4.76. The molecule has 2 unspecified atom stereocenters. The number of likely N-dealkylation sites (N-methyl/N-ethyl adjacent to an activating group) is 1. The Labute approximate surface area is 114 Å². The van der Waals surface area contributed by atoms with Crippen LogP contribution in [0.1, 0.15) is 31.2 Å². The van der Waals surface area contributed by atoms with E-state index < -0.39 is 0 Å². The summed E-state index contributed by atoms with van der Waals surface area (Å²) in [7, 11) is 1.79. The molecule has 0 bridgehead atoms. The third-order valence-electron chi connectivity index (χ3n) is 3.35. The molecule has 5 nitrogen and oxygen atoms in total. The van der Waals surface area contributed by atoms with Crippen molar-refractivity contribution in [1.29, 1.82) is 0 Å². The number of nitrogens with one attached hydrogen (secondary N) is 1. The van der Waals surface area contributed by atoms with Gasteiger partial charge in [-0.15, -0.1) is 10.2 Å². The number of hydrogen-bond acceptors (Lipinski definition) is 4. The fourth-order valence-corrected chi connectivity index (χ4v) is 2.28. The van der Waals surface area contributed by atoms with Gasteiger partial charge >= 0.3 is 0 Å². The number of nitrogens with zero attached hydrogens (tertiary/aromatic N) is 4. The fraction of sp³-hybridized carbons (Fsp3) is 0.500. The summed E-state index contributed by atoms with van der Waals surface area (Å²) in [5, 5.41) is 15.8. The molecule has 2 atom stereocenters. The van der Waals surface area contributed by atoms with E-state index in [0.717, 1.165) is 18.8 Å². The molecule has 0 aliphatic heterocycles. The van der Waals surface area contributed by atoms with Gasteiger partial charge in [-0.25, -0.2) is 0 Å². The Kier molecular flexibility index (Phi) is 4.63. The van der Waals surface area contributed by atoms with Crippen molar-refractivity contribution in [3.8, 4) is 0 Å². The summed E-state index contributed by atoms with van der Waals surface area (Å²) in [6, 6.07) is 10.8. The van der Waals surface area contributed by atoms with E-state index in [1.807, 2.05) is 6.07 Å². The first-order chi connectivity index (χ1) is 9.20. The van der Waals surface area contributed by atoms with Crippen LogP contribution in [0.2, 0.25) is 0 Å². The molecule has 0 fully saturated rings. The van der Waals surface area contributed by atoms with Gasteiger partial charge in [0.1, 0.15) is 0 Å². The van der Waals surface area contributed by atoms with Gasteiger partial charge in [0.25, 0.3) is 0 Å². The second-order valence-corrected chi connectivity index (χ2v) is 4.76. The van der Waals surface area contributed by atoms with Gasteiger partial charge in [0.15, 0.2) is 5.82 Å². The van der Waals surface area contributed by atoms with Crippen LogP contribution >= 0.6 is 0 Å². The van der Waals surface area contributed by atoms with Crippen molar-refractivity contribution in [2.45, 2.75) is 32.2 Å². The molecule has 5 heteroatoms. The Morgan fingerprint density at radius 2 is 2.00 bits per heavy atom. The summed E-state index contributed by atoms with van der Waals surface area (Å²) in [5.41, 5.74) is 1.33. The molecule has 0 radical (unpaired) electrons. The maximum atomic E-state index is 4.26. The summed E-state index contributed by atoms with van der Waals surface area (Å²) >= 11 is 0. The van der Waals surface area contributed by atoms with Crippen LogP contribution in [-0.2, 0) is 13.5 Å². The topological polar surface area (TPSA) is 55.6 Å². The Hall–Kier alpha value is -1.75. The molecule has 0 aliphatic carbocycles. The SMILES string of the molecule is CCNC(Cc1nnn(C)n1)C(C)c1ccccc1. The molecule has 2 aromatic rings. The summed E-state index contributed by atoms with van der Waals surface area (Å²) in [6.45, 7) is 5.29. The zero-order valence-corrected chi connectivity index (χ0v) is 11.7. The third-order valence-corrected chi connectivity index (χ3v) is 3.35. The first-order valence-corrected chi connectivity index (χ1v) is 6.72. The molecule has 0 spiro atoms. The summed E-state index contributed by atoms with van der Waals surface area (Å²) in [6.07, 6.45) is 0.789.